The maximum Gasteiger partial charge on any atom is 0.209 e. The summed E-state index contributed by atoms with van der Waals surface area (Å²) in [6.45, 7) is 8.06. The average molecular weight is 358 g/mol. The molecule has 2 aromatic carbocycles. The maximum absolute atomic E-state index is 5.00. The van der Waals surface area contributed by atoms with Crippen LogP contribution in [0.3, 0.4) is 0 Å². The van der Waals surface area contributed by atoms with E-state index in [4.69, 9.17) is 4.98 Å². The summed E-state index contributed by atoms with van der Waals surface area (Å²) in [6.07, 6.45) is 0. The molecule has 0 fully saturated rings. The molecular formula is C21H22N6. The van der Waals surface area contributed by atoms with Gasteiger partial charge in [0.1, 0.15) is 5.82 Å². The lowest BCUT2D eigenvalue weighted by Crippen LogP contribution is -2.24. The summed E-state index contributed by atoms with van der Waals surface area (Å²) in [5, 5.41) is 16.1. The molecule has 0 aliphatic heterocycles. The van der Waals surface area contributed by atoms with Gasteiger partial charge in [-0.25, -0.2) is 4.98 Å². The zero-order valence-corrected chi connectivity index (χ0v) is 15.8. The van der Waals surface area contributed by atoms with E-state index in [1.54, 1.807) is 0 Å². The van der Waals surface area contributed by atoms with E-state index in [0.717, 1.165) is 46.5 Å². The number of tetrazole rings is 1. The van der Waals surface area contributed by atoms with E-state index in [1.165, 1.54) is 5.56 Å². The second-order valence-corrected chi connectivity index (χ2v) is 6.48. The van der Waals surface area contributed by atoms with E-state index in [2.05, 4.69) is 88.8 Å². The Bertz CT molecular complexity index is 1050. The molecule has 4 aromatic rings. The largest absolute Gasteiger partial charge is 0.357 e. The monoisotopic (exact) mass is 358 g/mol. The Hall–Kier alpha value is -3.28. The first kappa shape index (κ1) is 17.1. The minimum Gasteiger partial charge on any atom is -0.357 e. The van der Waals surface area contributed by atoms with Crippen molar-refractivity contribution < 1.29 is 0 Å². The van der Waals surface area contributed by atoms with Gasteiger partial charge < -0.3 is 4.90 Å². The number of pyridine rings is 1. The van der Waals surface area contributed by atoms with Gasteiger partial charge >= 0.3 is 0 Å². The van der Waals surface area contributed by atoms with Crippen LogP contribution < -0.4 is 4.90 Å². The molecule has 0 saturated heterocycles. The highest BCUT2D eigenvalue weighted by atomic mass is 15.5. The fourth-order valence-corrected chi connectivity index (χ4v) is 3.50. The van der Waals surface area contributed by atoms with Crippen LogP contribution in [0, 0.1) is 6.92 Å². The van der Waals surface area contributed by atoms with Gasteiger partial charge in [-0.15, -0.1) is 10.2 Å². The van der Waals surface area contributed by atoms with Gasteiger partial charge in [0.15, 0.2) is 0 Å². The molecule has 0 saturated carbocycles. The lowest BCUT2D eigenvalue weighted by molar-refractivity contribution is 0.850. The Kier molecular flexibility index (Phi) is 4.54. The van der Waals surface area contributed by atoms with Crippen molar-refractivity contribution in [3.63, 3.8) is 0 Å². The molecule has 0 aliphatic rings. The number of nitrogens with zero attached hydrogens (tertiary/aromatic N) is 5. The highest BCUT2D eigenvalue weighted by Gasteiger charge is 2.23. The van der Waals surface area contributed by atoms with Gasteiger partial charge in [-0.05, 0) is 43.7 Å². The third-order valence-corrected chi connectivity index (χ3v) is 4.82. The minimum atomic E-state index is 0.562. The number of H-pyrrole nitrogens is 1. The van der Waals surface area contributed by atoms with E-state index in [-0.39, 0.29) is 0 Å². The molecular weight excluding hydrogens is 336 g/mol. The fourth-order valence-electron chi connectivity index (χ4n) is 3.50. The van der Waals surface area contributed by atoms with Gasteiger partial charge in [-0.3, -0.25) is 0 Å². The normalized spacial score (nSPS) is 11.1. The van der Waals surface area contributed by atoms with Crippen molar-refractivity contribution >= 4 is 16.7 Å². The summed E-state index contributed by atoms with van der Waals surface area (Å²) in [6, 6.07) is 16.7. The number of nitrogens with one attached hydrogen (secondary N) is 1. The van der Waals surface area contributed by atoms with Gasteiger partial charge in [-0.2, -0.15) is 5.21 Å². The van der Waals surface area contributed by atoms with Gasteiger partial charge in [0, 0.05) is 24.0 Å². The lowest BCUT2D eigenvalue weighted by atomic mass is 9.94. The van der Waals surface area contributed by atoms with Crippen LogP contribution >= 0.6 is 0 Å². The number of fused-ring (bicyclic) bond motifs is 1. The Balaban J connectivity index is 2.18. The SMILES string of the molecule is CCN(CC)c1nc2ccc(C)cc2c(-c2ccccc2)c1-c1nn[nH]n1. The van der Waals surface area contributed by atoms with E-state index in [0.29, 0.717) is 5.82 Å². The first-order valence-electron chi connectivity index (χ1n) is 9.21. The van der Waals surface area contributed by atoms with Crippen LogP contribution in [0.5, 0.6) is 0 Å². The molecule has 136 valence electrons. The number of hydrogen-bond acceptors (Lipinski definition) is 5. The molecule has 0 unspecified atom stereocenters. The fraction of sp³-hybridized carbons (Fsp3) is 0.238. The molecule has 0 amide bonds. The van der Waals surface area contributed by atoms with Crippen molar-refractivity contribution in [1.82, 2.24) is 25.6 Å². The minimum absolute atomic E-state index is 0.562. The Labute approximate surface area is 158 Å². The number of rotatable bonds is 5. The van der Waals surface area contributed by atoms with Gasteiger partial charge in [-0.1, -0.05) is 42.0 Å². The Morgan fingerprint density at radius 3 is 2.41 bits per heavy atom. The van der Waals surface area contributed by atoms with Crippen LogP contribution in [-0.4, -0.2) is 38.7 Å². The highest BCUT2D eigenvalue weighted by Crippen LogP contribution is 2.41. The molecule has 2 heterocycles. The van der Waals surface area contributed by atoms with Crippen LogP contribution in [0.25, 0.3) is 33.4 Å². The first-order valence-corrected chi connectivity index (χ1v) is 9.21. The van der Waals surface area contributed by atoms with Crippen LogP contribution in [0.4, 0.5) is 5.82 Å². The van der Waals surface area contributed by atoms with Gasteiger partial charge in [0.05, 0.1) is 11.1 Å². The highest BCUT2D eigenvalue weighted by molar-refractivity contribution is 6.05. The van der Waals surface area contributed by atoms with E-state index in [1.807, 2.05) is 6.07 Å². The number of hydrogen-bond donors (Lipinski definition) is 1. The van der Waals surface area contributed by atoms with Crippen molar-refractivity contribution in [2.75, 3.05) is 18.0 Å². The first-order chi connectivity index (χ1) is 13.2. The smallest absolute Gasteiger partial charge is 0.209 e. The summed E-state index contributed by atoms with van der Waals surface area (Å²) in [7, 11) is 0. The molecule has 2 aromatic heterocycles. The van der Waals surface area contributed by atoms with Crippen molar-refractivity contribution in [1.29, 1.82) is 0 Å². The van der Waals surface area contributed by atoms with Crippen LogP contribution in [-0.2, 0) is 0 Å². The Morgan fingerprint density at radius 1 is 0.963 bits per heavy atom. The molecule has 1 N–H and O–H groups in total. The second kappa shape index (κ2) is 7.15. The summed E-state index contributed by atoms with van der Waals surface area (Å²) >= 11 is 0. The van der Waals surface area contributed by atoms with Crippen LogP contribution in [0.15, 0.2) is 48.5 Å². The zero-order chi connectivity index (χ0) is 18.8. The topological polar surface area (TPSA) is 70.6 Å². The molecule has 6 nitrogen and oxygen atoms in total. The van der Waals surface area contributed by atoms with Crippen molar-refractivity contribution in [3.8, 4) is 22.5 Å². The summed E-state index contributed by atoms with van der Waals surface area (Å²) < 4.78 is 0. The van der Waals surface area contributed by atoms with Crippen molar-refractivity contribution in [3.05, 3.63) is 54.1 Å². The predicted octanol–water partition coefficient (Wildman–Crippen LogP) is 4.24. The molecule has 0 atom stereocenters. The predicted molar refractivity (Wildman–Crippen MR) is 109 cm³/mol. The maximum atomic E-state index is 5.00. The third-order valence-electron chi connectivity index (χ3n) is 4.82. The van der Waals surface area contributed by atoms with E-state index < -0.39 is 0 Å². The zero-order valence-electron chi connectivity index (χ0n) is 15.8. The van der Waals surface area contributed by atoms with E-state index in [9.17, 15) is 0 Å². The van der Waals surface area contributed by atoms with Crippen molar-refractivity contribution in [2.45, 2.75) is 20.8 Å². The average Bonchev–Trinajstić information content (AvgIpc) is 3.23. The number of aryl methyl sites for hydroxylation is 1. The number of aromatic amines is 1. The molecule has 0 aliphatic carbocycles. The summed E-state index contributed by atoms with van der Waals surface area (Å²) in [4.78, 5) is 7.24. The number of anilines is 1. The van der Waals surface area contributed by atoms with E-state index >= 15 is 0 Å². The second-order valence-electron chi connectivity index (χ2n) is 6.48. The molecule has 0 radical (unpaired) electrons. The van der Waals surface area contributed by atoms with Gasteiger partial charge in [0.2, 0.25) is 5.82 Å². The molecule has 0 bridgehead atoms. The lowest BCUT2D eigenvalue weighted by Gasteiger charge is -2.25. The molecule has 0 spiro atoms. The van der Waals surface area contributed by atoms with Crippen LogP contribution in [0.2, 0.25) is 0 Å². The standard InChI is InChI=1S/C21H22N6/c1-4-27(5-2)21-19(20-23-25-26-24-20)18(15-9-7-6-8-10-15)16-13-14(3)11-12-17(16)22-21/h6-13H,4-5H2,1-3H3,(H,23,24,25,26). The quantitative estimate of drug-likeness (QED) is 0.578. The molecule has 6 heteroatoms. The summed E-state index contributed by atoms with van der Waals surface area (Å²) in [5.74, 6) is 1.45. The number of benzene rings is 2. The van der Waals surface area contributed by atoms with Gasteiger partial charge in [0.25, 0.3) is 0 Å². The Morgan fingerprint density at radius 2 is 1.74 bits per heavy atom. The third kappa shape index (κ3) is 3.03. The molecule has 4 rings (SSSR count). The van der Waals surface area contributed by atoms with Crippen molar-refractivity contribution in [2.24, 2.45) is 0 Å². The summed E-state index contributed by atoms with van der Waals surface area (Å²) in [5.41, 5.74) is 5.28. The number of aromatic nitrogens is 5. The molecule has 27 heavy (non-hydrogen) atoms. The van der Waals surface area contributed by atoms with Crippen LogP contribution in [0.1, 0.15) is 19.4 Å².